The largest absolute Gasteiger partial charge is 0.490 e. The highest BCUT2D eigenvalue weighted by Gasteiger charge is 2.15. The van der Waals surface area contributed by atoms with Crippen molar-refractivity contribution < 1.29 is 14.3 Å². The molecule has 0 bridgehead atoms. The Labute approximate surface area is 224 Å². The van der Waals surface area contributed by atoms with Crippen LogP contribution in [0.4, 0.5) is 5.69 Å². The molecule has 0 aliphatic heterocycles. The number of aryl methyl sites for hydroxylation is 1. The number of ether oxygens (including phenoxy) is 2. The van der Waals surface area contributed by atoms with Gasteiger partial charge in [0.1, 0.15) is 18.2 Å². The number of nitrogens with one attached hydrogen (secondary N) is 1. The van der Waals surface area contributed by atoms with Gasteiger partial charge in [-0.25, -0.2) is 0 Å². The molecule has 0 aromatic heterocycles. The van der Waals surface area contributed by atoms with Gasteiger partial charge in [-0.05, 0) is 79.1 Å². The van der Waals surface area contributed by atoms with E-state index < -0.39 is 5.91 Å². The van der Waals surface area contributed by atoms with Crippen LogP contribution in [0.1, 0.15) is 23.6 Å². The van der Waals surface area contributed by atoms with Gasteiger partial charge in [0, 0.05) is 19.1 Å². The number of hydrogen-bond acceptors (Lipinski definition) is 4. The topological polar surface area (TPSA) is 71.3 Å². The van der Waals surface area contributed by atoms with Crippen LogP contribution in [0.2, 0.25) is 0 Å². The second-order valence-electron chi connectivity index (χ2n) is 7.25. The number of rotatable bonds is 8. The third-order valence-electron chi connectivity index (χ3n) is 4.77. The van der Waals surface area contributed by atoms with E-state index in [1.807, 2.05) is 56.3 Å². The molecule has 0 saturated heterocycles. The van der Waals surface area contributed by atoms with Gasteiger partial charge in [-0.2, -0.15) is 5.26 Å². The number of benzene rings is 3. The number of carbonyl (C=O) groups excluding carboxylic acids is 1. The first-order valence-corrected chi connectivity index (χ1v) is 12.7. The SMILES string of the molecule is CCOc1cc(/C=C(\C#N)C(=O)Nc2ccc(Br)cc2C)c(Br)cc1OCc1ccc(Br)cc1. The molecule has 0 spiro atoms. The zero-order valence-corrected chi connectivity index (χ0v) is 23.3. The molecule has 0 saturated carbocycles. The fourth-order valence-corrected chi connectivity index (χ4v) is 4.22. The van der Waals surface area contributed by atoms with E-state index in [0.717, 1.165) is 20.1 Å². The lowest BCUT2D eigenvalue weighted by Crippen LogP contribution is -2.14. The summed E-state index contributed by atoms with van der Waals surface area (Å²) < 4.78 is 14.3. The summed E-state index contributed by atoms with van der Waals surface area (Å²) in [7, 11) is 0. The molecule has 0 unspecified atom stereocenters. The van der Waals surface area contributed by atoms with Gasteiger partial charge in [0.2, 0.25) is 0 Å². The Morgan fingerprint density at radius 2 is 1.68 bits per heavy atom. The molecule has 0 heterocycles. The summed E-state index contributed by atoms with van der Waals surface area (Å²) >= 11 is 10.4. The lowest BCUT2D eigenvalue weighted by atomic mass is 10.1. The van der Waals surface area contributed by atoms with E-state index in [9.17, 15) is 10.1 Å². The lowest BCUT2D eigenvalue weighted by molar-refractivity contribution is -0.112. The van der Waals surface area contributed by atoms with Crippen molar-refractivity contribution in [2.75, 3.05) is 11.9 Å². The summed E-state index contributed by atoms with van der Waals surface area (Å²) in [6.45, 7) is 4.57. The average Bonchev–Trinajstić information content (AvgIpc) is 2.81. The highest BCUT2D eigenvalue weighted by atomic mass is 79.9. The molecule has 1 N–H and O–H groups in total. The number of amides is 1. The zero-order valence-electron chi connectivity index (χ0n) is 18.5. The minimum atomic E-state index is -0.492. The van der Waals surface area contributed by atoms with Crippen LogP contribution in [0.5, 0.6) is 11.5 Å². The van der Waals surface area contributed by atoms with Gasteiger partial charge >= 0.3 is 0 Å². The second kappa shape index (κ2) is 12.2. The highest BCUT2D eigenvalue weighted by molar-refractivity contribution is 9.11. The molecule has 0 aliphatic carbocycles. The van der Waals surface area contributed by atoms with Crippen LogP contribution >= 0.6 is 47.8 Å². The lowest BCUT2D eigenvalue weighted by Gasteiger charge is -2.14. The quantitative estimate of drug-likeness (QED) is 0.200. The number of hydrogen-bond donors (Lipinski definition) is 1. The van der Waals surface area contributed by atoms with E-state index >= 15 is 0 Å². The zero-order chi connectivity index (χ0) is 24.7. The summed E-state index contributed by atoms with van der Waals surface area (Å²) in [6, 6.07) is 18.9. The van der Waals surface area contributed by atoms with Crippen molar-refractivity contribution in [2.24, 2.45) is 0 Å². The van der Waals surface area contributed by atoms with E-state index in [4.69, 9.17) is 9.47 Å². The summed E-state index contributed by atoms with van der Waals surface area (Å²) in [4.78, 5) is 12.8. The first kappa shape index (κ1) is 26.0. The van der Waals surface area contributed by atoms with Crippen LogP contribution in [0.15, 0.2) is 73.6 Å². The van der Waals surface area contributed by atoms with Crippen molar-refractivity contribution in [2.45, 2.75) is 20.5 Å². The molecule has 3 aromatic carbocycles. The molecule has 1 amide bonds. The molecule has 0 aliphatic rings. The fraction of sp³-hybridized carbons (Fsp3) is 0.154. The van der Waals surface area contributed by atoms with Crippen molar-refractivity contribution in [3.63, 3.8) is 0 Å². The Hall–Kier alpha value is -2.60. The van der Waals surface area contributed by atoms with Crippen LogP contribution in [-0.2, 0) is 11.4 Å². The smallest absolute Gasteiger partial charge is 0.266 e. The number of carbonyl (C=O) groups is 1. The maximum Gasteiger partial charge on any atom is 0.266 e. The van der Waals surface area contributed by atoms with E-state index in [1.165, 1.54) is 6.08 Å². The Balaban J connectivity index is 1.85. The molecule has 3 rings (SSSR count). The molecule has 8 heteroatoms. The van der Waals surface area contributed by atoms with Gasteiger partial charge in [0.25, 0.3) is 5.91 Å². The summed E-state index contributed by atoms with van der Waals surface area (Å²) in [5.74, 6) is 0.589. The molecular formula is C26H21Br3N2O3. The normalized spacial score (nSPS) is 11.0. The first-order valence-electron chi connectivity index (χ1n) is 10.3. The first-order chi connectivity index (χ1) is 16.3. The molecule has 34 heavy (non-hydrogen) atoms. The number of nitrogens with zero attached hydrogens (tertiary/aromatic N) is 1. The Kier molecular flexibility index (Phi) is 9.34. The Morgan fingerprint density at radius 1 is 1.00 bits per heavy atom. The highest BCUT2D eigenvalue weighted by Crippen LogP contribution is 2.35. The van der Waals surface area contributed by atoms with Crippen molar-refractivity contribution >= 4 is 65.5 Å². The minimum absolute atomic E-state index is 0.0333. The van der Waals surface area contributed by atoms with Crippen molar-refractivity contribution in [3.05, 3.63) is 90.3 Å². The van der Waals surface area contributed by atoms with Gasteiger partial charge in [-0.1, -0.05) is 59.9 Å². The third-order valence-corrected chi connectivity index (χ3v) is 6.48. The number of nitriles is 1. The van der Waals surface area contributed by atoms with Crippen molar-refractivity contribution in [3.8, 4) is 17.6 Å². The van der Waals surface area contributed by atoms with Gasteiger partial charge in [0.05, 0.1) is 6.61 Å². The van der Waals surface area contributed by atoms with Gasteiger partial charge in [-0.15, -0.1) is 0 Å². The summed E-state index contributed by atoms with van der Waals surface area (Å²) in [6.07, 6.45) is 1.52. The molecule has 0 atom stereocenters. The van der Waals surface area contributed by atoms with Crippen LogP contribution in [-0.4, -0.2) is 12.5 Å². The number of halogens is 3. The van der Waals surface area contributed by atoms with E-state index in [0.29, 0.717) is 40.4 Å². The maximum atomic E-state index is 12.8. The molecular weight excluding hydrogens is 628 g/mol. The molecule has 0 radical (unpaired) electrons. The maximum absolute atomic E-state index is 12.8. The molecule has 3 aromatic rings. The Morgan fingerprint density at radius 3 is 2.32 bits per heavy atom. The van der Waals surface area contributed by atoms with Crippen molar-refractivity contribution in [1.82, 2.24) is 0 Å². The molecule has 174 valence electrons. The van der Waals surface area contributed by atoms with Gasteiger partial charge in [0.15, 0.2) is 11.5 Å². The van der Waals surface area contributed by atoms with Crippen LogP contribution in [0.3, 0.4) is 0 Å². The Bertz CT molecular complexity index is 1270. The van der Waals surface area contributed by atoms with E-state index in [1.54, 1.807) is 18.2 Å². The average molecular weight is 649 g/mol. The number of anilines is 1. The molecule has 0 fully saturated rings. The summed E-state index contributed by atoms with van der Waals surface area (Å²) in [5.41, 5.74) is 3.12. The monoisotopic (exact) mass is 646 g/mol. The third kappa shape index (κ3) is 6.95. The molecule has 5 nitrogen and oxygen atoms in total. The van der Waals surface area contributed by atoms with Crippen LogP contribution < -0.4 is 14.8 Å². The fourth-order valence-electron chi connectivity index (χ4n) is 3.05. The van der Waals surface area contributed by atoms with Gasteiger partial charge < -0.3 is 14.8 Å². The standard InChI is InChI=1S/C26H21Br3N2O3/c1-3-33-24-12-18(22(29)13-25(24)34-15-17-4-6-20(27)7-5-17)11-19(14-30)26(32)31-23-9-8-21(28)10-16(23)2/h4-13H,3,15H2,1-2H3,(H,31,32)/b19-11+. The predicted octanol–water partition coefficient (Wildman–Crippen LogP) is 7.81. The predicted molar refractivity (Wildman–Crippen MR) is 145 cm³/mol. The van der Waals surface area contributed by atoms with Crippen molar-refractivity contribution in [1.29, 1.82) is 5.26 Å². The minimum Gasteiger partial charge on any atom is -0.490 e. The second-order valence-corrected chi connectivity index (χ2v) is 9.94. The van der Waals surface area contributed by atoms with E-state index in [-0.39, 0.29) is 5.57 Å². The van der Waals surface area contributed by atoms with Crippen LogP contribution in [0.25, 0.3) is 6.08 Å². The van der Waals surface area contributed by atoms with E-state index in [2.05, 4.69) is 53.1 Å². The van der Waals surface area contributed by atoms with Crippen LogP contribution in [0, 0.1) is 18.3 Å². The summed E-state index contributed by atoms with van der Waals surface area (Å²) in [5, 5.41) is 12.4. The van der Waals surface area contributed by atoms with Gasteiger partial charge in [-0.3, -0.25) is 4.79 Å².